The first-order valence-electron chi connectivity index (χ1n) is 11.3. The number of carbonyl (C=O) groups excluding carboxylic acids is 1. The van der Waals surface area contributed by atoms with Crippen LogP contribution < -0.4 is 5.32 Å². The van der Waals surface area contributed by atoms with E-state index in [1.165, 1.54) is 0 Å². The van der Waals surface area contributed by atoms with Crippen molar-refractivity contribution < 1.29 is 4.79 Å². The first-order valence-corrected chi connectivity index (χ1v) is 11.3. The molecule has 32 heavy (non-hydrogen) atoms. The molecule has 1 saturated carbocycles. The summed E-state index contributed by atoms with van der Waals surface area (Å²) in [6.07, 6.45) is 7.49. The molecule has 0 spiro atoms. The minimum absolute atomic E-state index is 0.122. The van der Waals surface area contributed by atoms with E-state index in [1.54, 1.807) is 0 Å². The van der Waals surface area contributed by atoms with E-state index in [-0.39, 0.29) is 5.91 Å². The third-order valence-corrected chi connectivity index (χ3v) is 6.45. The molecular weight excluding hydrogens is 398 g/mol. The van der Waals surface area contributed by atoms with Gasteiger partial charge in [0.2, 0.25) is 5.91 Å². The zero-order chi connectivity index (χ0) is 21.9. The molecule has 6 nitrogen and oxygen atoms in total. The zero-order valence-corrected chi connectivity index (χ0v) is 18.2. The molecule has 4 aromatic rings. The third-order valence-electron chi connectivity index (χ3n) is 6.45. The van der Waals surface area contributed by atoms with Crippen LogP contribution in [0.25, 0.3) is 33.3 Å². The number of benzene rings is 2. The van der Waals surface area contributed by atoms with Gasteiger partial charge >= 0.3 is 0 Å². The maximum Gasteiger partial charge on any atom is 0.219 e. The normalized spacial score (nSPS) is 18.2. The third kappa shape index (κ3) is 4.13. The van der Waals surface area contributed by atoms with Crippen LogP contribution in [0.4, 0.5) is 0 Å². The van der Waals surface area contributed by atoms with Gasteiger partial charge in [-0.15, -0.1) is 5.10 Å². The van der Waals surface area contributed by atoms with Gasteiger partial charge in [0.05, 0.1) is 23.4 Å². The Morgan fingerprint density at radius 1 is 1.03 bits per heavy atom. The molecule has 2 aromatic heterocycles. The highest BCUT2D eigenvalue weighted by Gasteiger charge is 2.28. The molecule has 0 saturated heterocycles. The second kappa shape index (κ2) is 8.91. The summed E-state index contributed by atoms with van der Waals surface area (Å²) in [5.74, 6) is 0.618. The summed E-state index contributed by atoms with van der Waals surface area (Å²) >= 11 is 0. The molecule has 2 heterocycles. The van der Waals surface area contributed by atoms with Crippen molar-refractivity contribution in [3.8, 4) is 22.4 Å². The van der Waals surface area contributed by atoms with Crippen LogP contribution in [-0.2, 0) is 4.79 Å². The van der Waals surface area contributed by atoms with Crippen LogP contribution >= 0.6 is 0 Å². The molecule has 1 amide bonds. The van der Waals surface area contributed by atoms with Crippen LogP contribution in [0.5, 0.6) is 0 Å². The average molecular weight is 426 g/mol. The average Bonchev–Trinajstić information content (AvgIpc) is 3.52. The van der Waals surface area contributed by atoms with Crippen LogP contribution in [0.2, 0.25) is 0 Å². The molecule has 162 valence electrons. The number of aromatic nitrogens is 4. The Hall–Kier alpha value is -3.54. The molecule has 1 N–H and O–H groups in total. The predicted octanol–water partition coefficient (Wildman–Crippen LogP) is 5.03. The lowest BCUT2D eigenvalue weighted by atomic mass is 10.0. The van der Waals surface area contributed by atoms with Gasteiger partial charge in [-0.25, -0.2) is 4.68 Å². The largest absolute Gasteiger partial charge is 0.356 e. The maximum atomic E-state index is 11.6. The highest BCUT2D eigenvalue weighted by atomic mass is 16.1. The summed E-state index contributed by atoms with van der Waals surface area (Å²) in [5, 5.41) is 12.8. The number of carbonyl (C=O) groups is 1. The SMILES string of the molecule is CCC(=O)NCC1CC[C@H](n2nncc2-c2ccc(-c3cnc4ccccc4c3)cc2)C1. The standard InChI is InChI=1S/C26H27N5O/c1-2-26(32)28-15-18-7-12-23(13-18)31-25(17-29-30-31)20-10-8-19(9-11-20)22-14-21-5-3-4-6-24(21)27-16-22/h3-6,8-11,14,16-18,23H,2,7,12-13,15H2,1H3,(H,28,32)/t18?,23-/m0/s1. The molecule has 0 bridgehead atoms. The van der Waals surface area contributed by atoms with E-state index in [0.29, 0.717) is 18.4 Å². The highest BCUT2D eigenvalue weighted by molar-refractivity contribution is 5.83. The topological polar surface area (TPSA) is 72.7 Å². The minimum atomic E-state index is 0.122. The Kier molecular flexibility index (Phi) is 5.67. The summed E-state index contributed by atoms with van der Waals surface area (Å²) in [6, 6.07) is 19.2. The van der Waals surface area contributed by atoms with Gasteiger partial charge in [0.1, 0.15) is 0 Å². The molecule has 6 heteroatoms. The fraction of sp³-hybridized carbons (Fsp3) is 0.308. The smallest absolute Gasteiger partial charge is 0.219 e. The first-order chi connectivity index (χ1) is 15.7. The van der Waals surface area contributed by atoms with E-state index in [1.807, 2.05) is 37.5 Å². The summed E-state index contributed by atoms with van der Waals surface area (Å²) in [7, 11) is 0. The number of hydrogen-bond donors (Lipinski definition) is 1. The van der Waals surface area contributed by atoms with Crippen molar-refractivity contribution in [1.82, 2.24) is 25.3 Å². The molecule has 1 fully saturated rings. The molecule has 1 aliphatic carbocycles. The molecule has 2 aromatic carbocycles. The van der Waals surface area contributed by atoms with Gasteiger partial charge in [0, 0.05) is 35.7 Å². The number of rotatable bonds is 6. The van der Waals surface area contributed by atoms with Crippen LogP contribution in [0.15, 0.2) is 67.0 Å². The van der Waals surface area contributed by atoms with Crippen molar-refractivity contribution in [2.45, 2.75) is 38.6 Å². The number of fused-ring (bicyclic) bond motifs is 1. The van der Waals surface area contributed by atoms with E-state index >= 15 is 0 Å². The van der Waals surface area contributed by atoms with Crippen molar-refractivity contribution in [3.63, 3.8) is 0 Å². The zero-order valence-electron chi connectivity index (χ0n) is 18.2. The number of nitrogens with one attached hydrogen (secondary N) is 1. The molecule has 1 unspecified atom stereocenters. The van der Waals surface area contributed by atoms with Gasteiger partial charge in [0.15, 0.2) is 0 Å². The minimum Gasteiger partial charge on any atom is -0.356 e. The highest BCUT2D eigenvalue weighted by Crippen LogP contribution is 2.36. The van der Waals surface area contributed by atoms with E-state index < -0.39 is 0 Å². The van der Waals surface area contributed by atoms with E-state index in [4.69, 9.17) is 0 Å². The van der Waals surface area contributed by atoms with E-state index in [2.05, 4.69) is 61.7 Å². The van der Waals surface area contributed by atoms with Crippen LogP contribution in [0, 0.1) is 5.92 Å². The Morgan fingerprint density at radius 2 is 1.84 bits per heavy atom. The molecule has 5 rings (SSSR count). The van der Waals surface area contributed by atoms with Crippen molar-refractivity contribution in [1.29, 1.82) is 0 Å². The molecule has 1 aliphatic rings. The molecule has 2 atom stereocenters. The lowest BCUT2D eigenvalue weighted by Gasteiger charge is -2.15. The molecule has 0 aliphatic heterocycles. The van der Waals surface area contributed by atoms with Gasteiger partial charge in [-0.05, 0) is 42.9 Å². The second-order valence-corrected chi connectivity index (χ2v) is 8.55. The quantitative estimate of drug-likeness (QED) is 0.470. The van der Waals surface area contributed by atoms with Crippen LogP contribution in [0.3, 0.4) is 0 Å². The van der Waals surface area contributed by atoms with Crippen molar-refractivity contribution in [2.24, 2.45) is 5.92 Å². The lowest BCUT2D eigenvalue weighted by molar-refractivity contribution is -0.120. The fourth-order valence-corrected chi connectivity index (χ4v) is 4.62. The molecule has 0 radical (unpaired) electrons. The Bertz CT molecular complexity index is 1230. The van der Waals surface area contributed by atoms with E-state index in [9.17, 15) is 4.79 Å². The van der Waals surface area contributed by atoms with Gasteiger partial charge in [-0.2, -0.15) is 0 Å². The van der Waals surface area contributed by atoms with Gasteiger partial charge < -0.3 is 5.32 Å². The predicted molar refractivity (Wildman–Crippen MR) is 126 cm³/mol. The monoisotopic (exact) mass is 425 g/mol. The maximum absolute atomic E-state index is 11.6. The Morgan fingerprint density at radius 3 is 2.69 bits per heavy atom. The van der Waals surface area contributed by atoms with E-state index in [0.717, 1.165) is 59.1 Å². The van der Waals surface area contributed by atoms with Gasteiger partial charge in [-0.3, -0.25) is 9.78 Å². The second-order valence-electron chi connectivity index (χ2n) is 8.55. The number of para-hydroxylation sites is 1. The Labute approximate surface area is 187 Å². The van der Waals surface area contributed by atoms with Gasteiger partial charge in [0.25, 0.3) is 0 Å². The summed E-state index contributed by atoms with van der Waals surface area (Å²) in [5.41, 5.74) is 5.40. The summed E-state index contributed by atoms with van der Waals surface area (Å²) in [4.78, 5) is 16.2. The van der Waals surface area contributed by atoms with Crippen molar-refractivity contribution >= 4 is 16.8 Å². The van der Waals surface area contributed by atoms with Crippen molar-refractivity contribution in [2.75, 3.05) is 6.54 Å². The van der Waals surface area contributed by atoms with Crippen LogP contribution in [-0.4, -0.2) is 32.4 Å². The summed E-state index contributed by atoms with van der Waals surface area (Å²) < 4.78 is 2.06. The number of amides is 1. The van der Waals surface area contributed by atoms with Crippen molar-refractivity contribution in [3.05, 3.63) is 67.0 Å². The summed E-state index contributed by atoms with van der Waals surface area (Å²) in [6.45, 7) is 2.64. The number of pyridine rings is 1. The molecular formula is C26H27N5O. The van der Waals surface area contributed by atoms with Crippen LogP contribution in [0.1, 0.15) is 38.6 Å². The first kappa shape index (κ1) is 20.4. The lowest BCUT2D eigenvalue weighted by Crippen LogP contribution is -2.27. The number of hydrogen-bond acceptors (Lipinski definition) is 4. The fourth-order valence-electron chi connectivity index (χ4n) is 4.62. The Balaban J connectivity index is 1.32. The number of nitrogens with zero attached hydrogens (tertiary/aromatic N) is 4. The van der Waals surface area contributed by atoms with Gasteiger partial charge in [-0.1, -0.05) is 54.6 Å².